The SMILES string of the molecule is CC[C@H](O)[C@H](C)OCOCc1ccccc1. The smallest absolute Gasteiger partial charge is 0.147 e. The molecule has 0 saturated carbocycles. The van der Waals surface area contributed by atoms with Crippen LogP contribution in [0, 0.1) is 0 Å². The summed E-state index contributed by atoms with van der Waals surface area (Å²) in [7, 11) is 0. The van der Waals surface area contributed by atoms with E-state index in [1.54, 1.807) is 0 Å². The molecule has 1 aromatic carbocycles. The van der Waals surface area contributed by atoms with Gasteiger partial charge in [-0.15, -0.1) is 0 Å². The van der Waals surface area contributed by atoms with Gasteiger partial charge in [0.1, 0.15) is 6.79 Å². The molecule has 3 heteroatoms. The average Bonchev–Trinajstić information content (AvgIpc) is 2.34. The van der Waals surface area contributed by atoms with Crippen molar-refractivity contribution in [3.05, 3.63) is 35.9 Å². The van der Waals surface area contributed by atoms with Crippen molar-refractivity contribution in [2.45, 2.75) is 39.1 Å². The van der Waals surface area contributed by atoms with E-state index in [1.807, 2.05) is 44.2 Å². The molecule has 0 aliphatic carbocycles. The fourth-order valence-corrected chi connectivity index (χ4v) is 1.33. The average molecular weight is 224 g/mol. The van der Waals surface area contributed by atoms with Crippen LogP contribution in [-0.2, 0) is 16.1 Å². The van der Waals surface area contributed by atoms with E-state index in [0.717, 1.165) is 5.56 Å². The zero-order chi connectivity index (χ0) is 11.8. The quantitative estimate of drug-likeness (QED) is 0.570. The van der Waals surface area contributed by atoms with E-state index in [0.29, 0.717) is 13.0 Å². The number of rotatable bonds is 7. The van der Waals surface area contributed by atoms with Crippen molar-refractivity contribution in [3.63, 3.8) is 0 Å². The van der Waals surface area contributed by atoms with Crippen molar-refractivity contribution in [2.24, 2.45) is 0 Å². The molecule has 0 aliphatic heterocycles. The lowest BCUT2D eigenvalue weighted by Crippen LogP contribution is -2.26. The summed E-state index contributed by atoms with van der Waals surface area (Å²) in [6.07, 6.45) is 0.0981. The normalized spacial score (nSPS) is 14.7. The molecule has 0 spiro atoms. The highest BCUT2D eigenvalue weighted by Gasteiger charge is 2.11. The summed E-state index contributed by atoms with van der Waals surface area (Å²) in [6, 6.07) is 9.93. The van der Waals surface area contributed by atoms with E-state index < -0.39 is 6.10 Å². The Morgan fingerprint density at radius 2 is 1.94 bits per heavy atom. The molecular formula is C13H20O3. The summed E-state index contributed by atoms with van der Waals surface area (Å²) in [4.78, 5) is 0. The van der Waals surface area contributed by atoms with Gasteiger partial charge in [-0.05, 0) is 18.9 Å². The van der Waals surface area contributed by atoms with Gasteiger partial charge in [-0.25, -0.2) is 0 Å². The third kappa shape index (κ3) is 4.75. The number of aliphatic hydroxyl groups excluding tert-OH is 1. The fourth-order valence-electron chi connectivity index (χ4n) is 1.33. The topological polar surface area (TPSA) is 38.7 Å². The zero-order valence-electron chi connectivity index (χ0n) is 9.93. The van der Waals surface area contributed by atoms with E-state index in [2.05, 4.69) is 0 Å². The maximum Gasteiger partial charge on any atom is 0.147 e. The first kappa shape index (κ1) is 13.2. The molecule has 3 nitrogen and oxygen atoms in total. The van der Waals surface area contributed by atoms with E-state index >= 15 is 0 Å². The molecule has 0 amide bonds. The van der Waals surface area contributed by atoms with Crippen LogP contribution in [0.4, 0.5) is 0 Å². The van der Waals surface area contributed by atoms with Crippen LogP contribution in [0.5, 0.6) is 0 Å². The molecule has 0 saturated heterocycles. The minimum absolute atomic E-state index is 0.180. The van der Waals surface area contributed by atoms with Gasteiger partial charge in [-0.2, -0.15) is 0 Å². The van der Waals surface area contributed by atoms with E-state index in [-0.39, 0.29) is 12.9 Å². The van der Waals surface area contributed by atoms with Gasteiger partial charge in [0.15, 0.2) is 0 Å². The van der Waals surface area contributed by atoms with E-state index in [1.165, 1.54) is 0 Å². The molecule has 1 rings (SSSR count). The second-order valence-corrected chi connectivity index (χ2v) is 3.80. The molecule has 0 heterocycles. The van der Waals surface area contributed by atoms with Gasteiger partial charge in [0.05, 0.1) is 18.8 Å². The lowest BCUT2D eigenvalue weighted by molar-refractivity contribution is -0.122. The number of hydrogen-bond acceptors (Lipinski definition) is 3. The second-order valence-electron chi connectivity index (χ2n) is 3.80. The number of benzene rings is 1. The second kappa shape index (κ2) is 7.39. The molecule has 0 aliphatic rings. The van der Waals surface area contributed by atoms with Gasteiger partial charge in [0.25, 0.3) is 0 Å². The maximum absolute atomic E-state index is 9.46. The molecule has 1 aromatic rings. The Morgan fingerprint density at radius 3 is 2.56 bits per heavy atom. The molecule has 0 unspecified atom stereocenters. The summed E-state index contributed by atoms with van der Waals surface area (Å²) >= 11 is 0. The van der Waals surface area contributed by atoms with Crippen LogP contribution < -0.4 is 0 Å². The van der Waals surface area contributed by atoms with Gasteiger partial charge >= 0.3 is 0 Å². The van der Waals surface area contributed by atoms with Crippen molar-refractivity contribution >= 4 is 0 Å². The van der Waals surface area contributed by atoms with Gasteiger partial charge in [0, 0.05) is 0 Å². The minimum Gasteiger partial charge on any atom is -0.390 e. The monoisotopic (exact) mass is 224 g/mol. The Labute approximate surface area is 97.0 Å². The first-order valence-electron chi connectivity index (χ1n) is 5.65. The summed E-state index contributed by atoms with van der Waals surface area (Å²) in [5.74, 6) is 0. The molecule has 0 radical (unpaired) electrons. The largest absolute Gasteiger partial charge is 0.390 e. The highest BCUT2D eigenvalue weighted by Crippen LogP contribution is 2.04. The molecule has 90 valence electrons. The van der Waals surface area contributed by atoms with Crippen LogP contribution in [-0.4, -0.2) is 24.1 Å². The van der Waals surface area contributed by atoms with Crippen molar-refractivity contribution in [1.29, 1.82) is 0 Å². The molecular weight excluding hydrogens is 204 g/mol. The van der Waals surface area contributed by atoms with Gasteiger partial charge < -0.3 is 14.6 Å². The standard InChI is InChI=1S/C13H20O3/c1-3-13(14)11(2)16-10-15-9-12-7-5-4-6-8-12/h4-8,11,13-14H,3,9-10H2,1-2H3/t11-,13-/m0/s1. The first-order valence-corrected chi connectivity index (χ1v) is 5.65. The Balaban J connectivity index is 2.13. The van der Waals surface area contributed by atoms with Gasteiger partial charge in [-0.3, -0.25) is 0 Å². The summed E-state index contributed by atoms with van der Waals surface area (Å²) < 4.78 is 10.7. The lowest BCUT2D eigenvalue weighted by Gasteiger charge is -2.17. The van der Waals surface area contributed by atoms with Gasteiger partial charge in [0.2, 0.25) is 0 Å². The summed E-state index contributed by atoms with van der Waals surface area (Å²) in [5.41, 5.74) is 1.12. The van der Waals surface area contributed by atoms with E-state index in [4.69, 9.17) is 9.47 Å². The summed E-state index contributed by atoms with van der Waals surface area (Å²) in [5, 5.41) is 9.46. The Bertz CT molecular complexity index is 274. The molecule has 2 atom stereocenters. The van der Waals surface area contributed by atoms with E-state index in [9.17, 15) is 5.11 Å². The van der Waals surface area contributed by atoms with Crippen molar-refractivity contribution < 1.29 is 14.6 Å². The molecule has 0 aromatic heterocycles. The highest BCUT2D eigenvalue weighted by atomic mass is 16.7. The van der Waals surface area contributed by atoms with Gasteiger partial charge in [-0.1, -0.05) is 37.3 Å². The first-order chi connectivity index (χ1) is 7.74. The maximum atomic E-state index is 9.46. The molecule has 0 bridgehead atoms. The molecule has 16 heavy (non-hydrogen) atoms. The lowest BCUT2D eigenvalue weighted by atomic mass is 10.2. The Morgan fingerprint density at radius 1 is 1.25 bits per heavy atom. The molecule has 0 fully saturated rings. The minimum atomic E-state index is -0.416. The number of ether oxygens (including phenoxy) is 2. The third-order valence-corrected chi connectivity index (χ3v) is 2.49. The summed E-state index contributed by atoms with van der Waals surface area (Å²) in [6.45, 7) is 4.53. The van der Waals surface area contributed by atoms with Crippen LogP contribution in [0.15, 0.2) is 30.3 Å². The van der Waals surface area contributed by atoms with Crippen molar-refractivity contribution in [1.82, 2.24) is 0 Å². The fraction of sp³-hybridized carbons (Fsp3) is 0.538. The van der Waals surface area contributed by atoms with Crippen LogP contribution in [0.1, 0.15) is 25.8 Å². The van der Waals surface area contributed by atoms with Crippen molar-refractivity contribution in [3.8, 4) is 0 Å². The zero-order valence-corrected chi connectivity index (χ0v) is 9.93. The van der Waals surface area contributed by atoms with Crippen LogP contribution in [0.3, 0.4) is 0 Å². The number of aliphatic hydroxyl groups is 1. The third-order valence-electron chi connectivity index (χ3n) is 2.49. The van der Waals surface area contributed by atoms with Crippen LogP contribution in [0.2, 0.25) is 0 Å². The predicted octanol–water partition coefficient (Wildman–Crippen LogP) is 2.34. The van der Waals surface area contributed by atoms with Crippen LogP contribution in [0.25, 0.3) is 0 Å². The van der Waals surface area contributed by atoms with Crippen LogP contribution >= 0.6 is 0 Å². The van der Waals surface area contributed by atoms with Crippen molar-refractivity contribution in [2.75, 3.05) is 6.79 Å². The predicted molar refractivity (Wildman–Crippen MR) is 62.9 cm³/mol. The Hall–Kier alpha value is -0.900. The molecule has 1 N–H and O–H groups in total. The Kier molecular flexibility index (Phi) is 6.08. The highest BCUT2D eigenvalue weighted by molar-refractivity contribution is 5.13. The number of hydrogen-bond donors (Lipinski definition) is 1.